The third-order valence-corrected chi connectivity index (χ3v) is 8.59. The maximum atomic E-state index is 13.1. The number of urea groups is 1. The molecule has 1 saturated heterocycles. The third-order valence-electron chi connectivity index (χ3n) is 7.67. The molecule has 2 aliphatic rings. The number of hydrogen-bond acceptors (Lipinski definition) is 6. The predicted octanol–water partition coefficient (Wildman–Crippen LogP) is 7.06. The summed E-state index contributed by atoms with van der Waals surface area (Å²) < 4.78 is 32.3. The van der Waals surface area contributed by atoms with Crippen molar-refractivity contribution >= 4 is 34.6 Å². The van der Waals surface area contributed by atoms with Crippen molar-refractivity contribution in [2.75, 3.05) is 10.7 Å². The van der Waals surface area contributed by atoms with Gasteiger partial charge in [-0.2, -0.15) is 13.8 Å². The molecule has 3 amide bonds. The summed E-state index contributed by atoms with van der Waals surface area (Å²) in [6.07, 6.45) is -0.911. The Labute approximate surface area is 263 Å². The second-order valence-electron chi connectivity index (χ2n) is 11.5. The number of anilines is 1. The van der Waals surface area contributed by atoms with Crippen molar-refractivity contribution in [3.05, 3.63) is 89.7 Å². The zero-order valence-corrected chi connectivity index (χ0v) is 26.0. The molecule has 232 valence electrons. The van der Waals surface area contributed by atoms with Crippen molar-refractivity contribution in [1.29, 1.82) is 0 Å². The fraction of sp³-hybridized carbons (Fsp3) is 0.303. The van der Waals surface area contributed by atoms with Crippen LogP contribution in [0.2, 0.25) is 0 Å². The Balaban J connectivity index is 1.08. The maximum Gasteiger partial charge on any atom is 0.394 e. The van der Waals surface area contributed by atoms with Gasteiger partial charge in [0.2, 0.25) is 5.91 Å². The molecule has 6 rings (SSSR count). The van der Waals surface area contributed by atoms with Gasteiger partial charge in [0.05, 0.1) is 17.1 Å². The molecule has 1 aromatic heterocycles. The number of rotatable bonds is 8. The van der Waals surface area contributed by atoms with Crippen molar-refractivity contribution < 1.29 is 23.1 Å². The van der Waals surface area contributed by atoms with Gasteiger partial charge in [-0.25, -0.2) is 14.5 Å². The highest BCUT2D eigenvalue weighted by Crippen LogP contribution is 2.41. The van der Waals surface area contributed by atoms with Crippen LogP contribution >= 0.6 is 11.8 Å². The van der Waals surface area contributed by atoms with E-state index in [1.165, 1.54) is 23.9 Å². The third kappa shape index (κ3) is 6.75. The molecule has 2 fully saturated rings. The first kappa shape index (κ1) is 30.4. The number of alkyl halides is 2. The molecule has 2 unspecified atom stereocenters. The van der Waals surface area contributed by atoms with Gasteiger partial charge in [0, 0.05) is 24.4 Å². The van der Waals surface area contributed by atoms with Gasteiger partial charge in [0.25, 0.3) is 0 Å². The summed E-state index contributed by atoms with van der Waals surface area (Å²) in [5, 5.41) is 7.90. The fourth-order valence-corrected chi connectivity index (χ4v) is 6.43. The molecule has 9 nitrogen and oxygen atoms in total. The standard InChI is InChI=1S/C33H32F2N6O3S/c1-19(2)29-20(3)6-5-7-27(29)41-28(42)17-45-32(41)38-31(43)37-26-16-25(26)21-8-10-22(11-9-21)30-36-18-40(39-30)23-12-14-24(15-13-23)44-33(4,34)35/h5-15,18-19,25-26H,16-17H2,1-4H3,(H,37,43)/b38-32-. The lowest BCUT2D eigenvalue weighted by molar-refractivity contribution is -0.158. The summed E-state index contributed by atoms with van der Waals surface area (Å²) in [7, 11) is 0. The van der Waals surface area contributed by atoms with E-state index in [0.29, 0.717) is 23.6 Å². The van der Waals surface area contributed by atoms with Gasteiger partial charge < -0.3 is 10.1 Å². The van der Waals surface area contributed by atoms with Gasteiger partial charge in [-0.15, -0.1) is 5.10 Å². The van der Waals surface area contributed by atoms with Crippen molar-refractivity contribution in [2.45, 2.75) is 58.1 Å². The monoisotopic (exact) mass is 630 g/mol. The quantitative estimate of drug-likeness (QED) is 0.224. The molecule has 1 aliphatic heterocycles. The number of carbonyl (C=O) groups is 2. The summed E-state index contributed by atoms with van der Waals surface area (Å²) >= 11 is 1.27. The van der Waals surface area contributed by atoms with Crippen molar-refractivity contribution in [3.8, 4) is 22.8 Å². The fourth-order valence-electron chi connectivity index (χ4n) is 5.57. The van der Waals surface area contributed by atoms with Crippen molar-refractivity contribution in [1.82, 2.24) is 20.1 Å². The van der Waals surface area contributed by atoms with Crippen LogP contribution < -0.4 is 15.0 Å². The summed E-state index contributed by atoms with van der Waals surface area (Å²) in [4.78, 5) is 36.0. The van der Waals surface area contributed by atoms with Crippen LogP contribution in [-0.2, 0) is 4.79 Å². The van der Waals surface area contributed by atoms with E-state index in [1.54, 1.807) is 28.0 Å². The Morgan fingerprint density at radius 3 is 2.53 bits per heavy atom. The number of amidine groups is 1. The topological polar surface area (TPSA) is 102 Å². The molecule has 4 aromatic rings. The number of aryl methyl sites for hydroxylation is 1. The summed E-state index contributed by atoms with van der Waals surface area (Å²) in [5.74, 6) is 1.09. The molecule has 0 radical (unpaired) electrons. The van der Waals surface area contributed by atoms with Crippen molar-refractivity contribution in [3.63, 3.8) is 0 Å². The Bertz CT molecular complexity index is 1770. The lowest BCUT2D eigenvalue weighted by Crippen LogP contribution is -2.33. The second kappa shape index (κ2) is 12.1. The minimum atomic E-state index is -3.26. The molecular weight excluding hydrogens is 598 g/mol. The first-order valence-corrected chi connectivity index (χ1v) is 15.6. The molecular formula is C33H32F2N6O3S. The Morgan fingerprint density at radius 1 is 1.11 bits per heavy atom. The Morgan fingerprint density at radius 2 is 1.84 bits per heavy atom. The lowest BCUT2D eigenvalue weighted by atomic mass is 9.95. The number of hydrogen-bond donors (Lipinski definition) is 1. The van der Waals surface area contributed by atoms with Crippen LogP contribution in [0.4, 0.5) is 19.3 Å². The molecule has 3 aromatic carbocycles. The number of carbonyl (C=O) groups excluding carboxylic acids is 2. The molecule has 1 N–H and O–H groups in total. The van der Waals surface area contributed by atoms with E-state index in [0.717, 1.165) is 34.4 Å². The predicted molar refractivity (Wildman–Crippen MR) is 170 cm³/mol. The highest BCUT2D eigenvalue weighted by Gasteiger charge is 2.40. The van der Waals surface area contributed by atoms with Crippen LogP contribution in [0.3, 0.4) is 0 Å². The van der Waals surface area contributed by atoms with Crippen LogP contribution in [0.15, 0.2) is 78.0 Å². The average Bonchev–Trinajstić information content (AvgIpc) is 3.38. The molecule has 0 spiro atoms. The number of aliphatic imine (C=N–C) groups is 1. The summed E-state index contributed by atoms with van der Waals surface area (Å²) in [6, 6.07) is 19.3. The number of aromatic nitrogens is 3. The minimum Gasteiger partial charge on any atom is -0.433 e. The molecule has 2 atom stereocenters. The van der Waals surface area contributed by atoms with E-state index in [2.05, 4.69) is 39.0 Å². The minimum absolute atomic E-state index is 0.0506. The van der Waals surface area contributed by atoms with Gasteiger partial charge in [0.1, 0.15) is 12.1 Å². The smallest absolute Gasteiger partial charge is 0.394 e. The van der Waals surface area contributed by atoms with Crippen LogP contribution in [0, 0.1) is 6.92 Å². The highest BCUT2D eigenvalue weighted by molar-refractivity contribution is 8.15. The molecule has 2 heterocycles. The Kier molecular flexibility index (Phi) is 8.17. The lowest BCUT2D eigenvalue weighted by Gasteiger charge is -2.23. The number of nitrogens with zero attached hydrogens (tertiary/aromatic N) is 5. The number of nitrogens with one attached hydrogen (secondary N) is 1. The van der Waals surface area contributed by atoms with Crippen molar-refractivity contribution in [2.24, 2.45) is 4.99 Å². The van der Waals surface area contributed by atoms with E-state index in [4.69, 9.17) is 0 Å². The second-order valence-corrected chi connectivity index (χ2v) is 12.5. The largest absolute Gasteiger partial charge is 0.433 e. The molecule has 0 bridgehead atoms. The number of ether oxygens (including phenoxy) is 1. The summed E-state index contributed by atoms with van der Waals surface area (Å²) in [5.41, 5.74) is 5.49. The average molecular weight is 631 g/mol. The number of halogens is 2. The molecule has 1 aliphatic carbocycles. The van der Waals surface area contributed by atoms with Crippen LogP contribution in [0.5, 0.6) is 5.75 Å². The van der Waals surface area contributed by atoms with Gasteiger partial charge in [-0.1, -0.05) is 62.0 Å². The number of amides is 3. The maximum absolute atomic E-state index is 13.1. The normalized spacial score (nSPS) is 19.0. The van der Waals surface area contributed by atoms with E-state index in [1.807, 2.05) is 49.4 Å². The van der Waals surface area contributed by atoms with E-state index in [-0.39, 0.29) is 35.3 Å². The molecule has 45 heavy (non-hydrogen) atoms. The zero-order chi connectivity index (χ0) is 31.9. The van der Waals surface area contributed by atoms with Gasteiger partial charge in [-0.05, 0) is 66.3 Å². The van der Waals surface area contributed by atoms with E-state index in [9.17, 15) is 18.4 Å². The van der Waals surface area contributed by atoms with Gasteiger partial charge in [0.15, 0.2) is 11.0 Å². The van der Waals surface area contributed by atoms with E-state index >= 15 is 0 Å². The first-order valence-electron chi connectivity index (χ1n) is 14.6. The highest BCUT2D eigenvalue weighted by atomic mass is 32.2. The number of benzene rings is 3. The SMILES string of the molecule is Cc1cccc(N2C(=O)CS/C2=N\C(=O)NC2CC2c2ccc(-c3ncn(-c4ccc(OC(C)(F)F)cc4)n3)cc2)c1C(C)C. The van der Waals surface area contributed by atoms with E-state index < -0.39 is 12.1 Å². The van der Waals surface area contributed by atoms with Crippen LogP contribution in [0.25, 0.3) is 17.1 Å². The molecule has 12 heteroatoms. The summed E-state index contributed by atoms with van der Waals surface area (Å²) in [6.45, 7) is 6.89. The van der Waals surface area contributed by atoms with Gasteiger partial charge in [-0.3, -0.25) is 9.69 Å². The first-order chi connectivity index (χ1) is 21.5. The Hall–Kier alpha value is -4.58. The van der Waals surface area contributed by atoms with Crippen LogP contribution in [-0.4, -0.2) is 49.8 Å². The van der Waals surface area contributed by atoms with Crippen LogP contribution in [0.1, 0.15) is 55.7 Å². The zero-order valence-electron chi connectivity index (χ0n) is 25.2. The van der Waals surface area contributed by atoms with Gasteiger partial charge >= 0.3 is 12.1 Å². The molecule has 1 saturated carbocycles. The number of thioether (sulfide) groups is 1.